The molecule has 10 nitrogen and oxygen atoms in total. The molecule has 0 bridgehead atoms. The lowest BCUT2D eigenvalue weighted by molar-refractivity contribution is 0.0990. The van der Waals surface area contributed by atoms with Crippen LogP contribution in [0.15, 0.2) is 40.8 Å². The number of benzene rings is 1. The third kappa shape index (κ3) is 7.73. The minimum atomic E-state index is -1.52. The van der Waals surface area contributed by atoms with E-state index in [1.54, 1.807) is 12.1 Å². The van der Waals surface area contributed by atoms with Gasteiger partial charge < -0.3 is 33.7 Å². The number of nitrogens with one attached hydrogen (secondary N) is 1. The maximum Gasteiger partial charge on any atom is 0.291 e. The first-order valence-electron chi connectivity index (χ1n) is 13.2. The standard InChI is InChI=1S/C28H41N5O5Si/c1-9-16-33(18-17-32(3)4)28-30-26(35-5)24(27(31-28)36-6)29-25(34)22-14-15-23(38-22)37-20-12-11-13-21(19-20)39(7,8)10-2/h11-15,19H,9-10,16-18H2,1-8H3,(H,29,34). The van der Waals surface area contributed by atoms with Crippen LogP contribution in [0.1, 0.15) is 30.8 Å². The third-order valence-corrected chi connectivity index (χ3v) is 10.2. The molecule has 3 rings (SSSR count). The molecule has 0 spiro atoms. The number of rotatable bonds is 14. The zero-order valence-corrected chi connectivity index (χ0v) is 25.3. The van der Waals surface area contributed by atoms with Crippen LogP contribution in [0.4, 0.5) is 11.6 Å². The van der Waals surface area contributed by atoms with Crippen LogP contribution in [-0.2, 0) is 0 Å². The van der Waals surface area contributed by atoms with Gasteiger partial charge in [-0.1, -0.05) is 50.3 Å². The molecule has 0 aliphatic carbocycles. The Labute approximate surface area is 232 Å². The molecule has 1 N–H and O–H groups in total. The zero-order chi connectivity index (χ0) is 28.6. The van der Waals surface area contributed by atoms with Gasteiger partial charge in [0.05, 0.1) is 22.3 Å². The van der Waals surface area contributed by atoms with Gasteiger partial charge in [0.1, 0.15) is 5.75 Å². The molecule has 11 heteroatoms. The van der Waals surface area contributed by atoms with Gasteiger partial charge in [-0.05, 0) is 38.7 Å². The number of carbonyl (C=O) groups is 1. The van der Waals surface area contributed by atoms with E-state index in [1.165, 1.54) is 19.4 Å². The van der Waals surface area contributed by atoms with Crippen molar-refractivity contribution >= 4 is 30.8 Å². The van der Waals surface area contributed by atoms with Gasteiger partial charge in [-0.25, -0.2) is 0 Å². The van der Waals surface area contributed by atoms with Crippen molar-refractivity contribution in [2.24, 2.45) is 0 Å². The molecule has 3 aromatic rings. The molecule has 0 aliphatic rings. The van der Waals surface area contributed by atoms with Crippen LogP contribution >= 0.6 is 0 Å². The summed E-state index contributed by atoms with van der Waals surface area (Å²) in [5.41, 5.74) is 0.219. The Morgan fingerprint density at radius 3 is 2.28 bits per heavy atom. The maximum atomic E-state index is 13.1. The zero-order valence-electron chi connectivity index (χ0n) is 24.3. The molecule has 0 fully saturated rings. The molecular formula is C28H41N5O5Si. The van der Waals surface area contributed by atoms with Crippen LogP contribution in [0.25, 0.3) is 0 Å². The van der Waals surface area contributed by atoms with E-state index < -0.39 is 14.0 Å². The van der Waals surface area contributed by atoms with Crippen molar-refractivity contribution < 1.29 is 23.4 Å². The van der Waals surface area contributed by atoms with E-state index in [0.29, 0.717) is 11.7 Å². The lowest BCUT2D eigenvalue weighted by Crippen LogP contribution is -2.40. The molecule has 1 aromatic carbocycles. The number of furan rings is 1. The van der Waals surface area contributed by atoms with Crippen molar-refractivity contribution in [1.82, 2.24) is 14.9 Å². The normalized spacial score (nSPS) is 11.4. The molecule has 2 aromatic heterocycles. The average Bonchev–Trinajstić information content (AvgIpc) is 3.39. The van der Waals surface area contributed by atoms with Crippen molar-refractivity contribution in [2.75, 3.05) is 58.2 Å². The Bertz CT molecular complexity index is 1220. The molecule has 39 heavy (non-hydrogen) atoms. The quantitative estimate of drug-likeness (QED) is 0.280. The van der Waals surface area contributed by atoms with Crippen LogP contribution in [-0.4, -0.2) is 76.8 Å². The topological polar surface area (TPSA) is 102 Å². The summed E-state index contributed by atoms with van der Waals surface area (Å²) in [5, 5.41) is 4.07. The Morgan fingerprint density at radius 2 is 1.69 bits per heavy atom. The fraction of sp³-hybridized carbons (Fsp3) is 0.464. The van der Waals surface area contributed by atoms with Crippen LogP contribution in [0.5, 0.6) is 23.5 Å². The fourth-order valence-electron chi connectivity index (χ4n) is 3.83. The highest BCUT2D eigenvalue weighted by atomic mass is 28.3. The van der Waals surface area contributed by atoms with Gasteiger partial charge in [0.15, 0.2) is 11.4 Å². The summed E-state index contributed by atoms with van der Waals surface area (Å²) in [6.07, 6.45) is 0.922. The van der Waals surface area contributed by atoms with E-state index in [4.69, 9.17) is 18.6 Å². The summed E-state index contributed by atoms with van der Waals surface area (Å²) in [4.78, 5) is 26.4. The number of hydrogen-bond donors (Lipinski definition) is 1. The van der Waals surface area contributed by atoms with Crippen molar-refractivity contribution in [3.63, 3.8) is 0 Å². The Hall–Kier alpha value is -3.57. The van der Waals surface area contributed by atoms with E-state index in [2.05, 4.69) is 58.1 Å². The summed E-state index contributed by atoms with van der Waals surface area (Å²) >= 11 is 0. The number of likely N-dealkylation sites (N-methyl/N-ethyl adjacent to an activating group) is 1. The minimum absolute atomic E-state index is 0.0659. The van der Waals surface area contributed by atoms with Gasteiger partial charge in [-0.2, -0.15) is 9.97 Å². The predicted molar refractivity (Wildman–Crippen MR) is 157 cm³/mol. The monoisotopic (exact) mass is 555 g/mol. The van der Waals surface area contributed by atoms with Gasteiger partial charge >= 0.3 is 0 Å². The molecule has 0 aliphatic heterocycles. The van der Waals surface area contributed by atoms with E-state index in [1.807, 2.05) is 32.3 Å². The summed E-state index contributed by atoms with van der Waals surface area (Å²) in [6.45, 7) is 11.3. The molecule has 0 saturated carbocycles. The number of amides is 1. The third-order valence-electron chi connectivity index (χ3n) is 6.57. The Balaban J connectivity index is 1.80. The molecule has 0 atom stereocenters. The SMILES string of the molecule is CCCN(CCN(C)C)c1nc(OC)c(NC(=O)c2ccc(Oc3cccc([Si](C)(C)CC)c3)o2)c(OC)n1. The number of nitrogens with zero attached hydrogens (tertiary/aromatic N) is 4. The van der Waals surface area contributed by atoms with Gasteiger partial charge in [0.25, 0.3) is 11.9 Å². The largest absolute Gasteiger partial charge is 0.479 e. The first-order valence-corrected chi connectivity index (χ1v) is 16.4. The highest BCUT2D eigenvalue weighted by Crippen LogP contribution is 2.34. The fourth-order valence-corrected chi connectivity index (χ4v) is 5.32. The smallest absolute Gasteiger partial charge is 0.291 e. The second-order valence-corrected chi connectivity index (χ2v) is 15.2. The van der Waals surface area contributed by atoms with Gasteiger partial charge in [0, 0.05) is 25.7 Å². The molecular weight excluding hydrogens is 514 g/mol. The number of ether oxygens (including phenoxy) is 3. The van der Waals surface area contributed by atoms with E-state index >= 15 is 0 Å². The second-order valence-electron chi connectivity index (χ2n) is 10.1. The molecule has 212 valence electrons. The Morgan fingerprint density at radius 1 is 1.00 bits per heavy atom. The summed E-state index contributed by atoms with van der Waals surface area (Å²) < 4.78 is 22.7. The van der Waals surface area contributed by atoms with Crippen molar-refractivity contribution in [3.8, 4) is 23.5 Å². The van der Waals surface area contributed by atoms with Crippen molar-refractivity contribution in [3.05, 3.63) is 42.2 Å². The molecule has 1 amide bonds. The van der Waals surface area contributed by atoms with Crippen LogP contribution in [0.3, 0.4) is 0 Å². The van der Waals surface area contributed by atoms with Crippen LogP contribution < -0.4 is 29.6 Å². The number of anilines is 2. The summed E-state index contributed by atoms with van der Waals surface area (Å²) in [7, 11) is 5.49. The average molecular weight is 556 g/mol. The first kappa shape index (κ1) is 30.0. The summed E-state index contributed by atoms with van der Waals surface area (Å²) in [6, 6.07) is 12.3. The van der Waals surface area contributed by atoms with Gasteiger partial charge in [-0.3, -0.25) is 4.79 Å². The van der Waals surface area contributed by atoms with Crippen molar-refractivity contribution in [2.45, 2.75) is 39.4 Å². The summed E-state index contributed by atoms with van der Waals surface area (Å²) in [5.74, 6) is 1.30. The maximum absolute atomic E-state index is 13.1. The molecule has 2 heterocycles. The number of methoxy groups -OCH3 is 2. The molecule has 0 saturated heterocycles. The predicted octanol–water partition coefficient (Wildman–Crippen LogP) is 4.84. The minimum Gasteiger partial charge on any atom is -0.479 e. The van der Waals surface area contributed by atoms with Crippen molar-refractivity contribution in [1.29, 1.82) is 0 Å². The lowest BCUT2D eigenvalue weighted by Gasteiger charge is -2.25. The number of aromatic nitrogens is 2. The van der Waals surface area contributed by atoms with E-state index in [9.17, 15) is 4.79 Å². The van der Waals surface area contributed by atoms with E-state index in [0.717, 1.165) is 32.1 Å². The highest BCUT2D eigenvalue weighted by molar-refractivity contribution is 6.89. The highest BCUT2D eigenvalue weighted by Gasteiger charge is 2.24. The number of hydrogen-bond acceptors (Lipinski definition) is 9. The lowest BCUT2D eigenvalue weighted by atomic mass is 10.3. The first-order chi connectivity index (χ1) is 18.6. The van der Waals surface area contributed by atoms with Gasteiger partial charge in [0.2, 0.25) is 17.7 Å². The Kier molecular flexibility index (Phi) is 10.4. The molecule has 0 unspecified atom stereocenters. The van der Waals surface area contributed by atoms with E-state index in [-0.39, 0.29) is 29.2 Å². The van der Waals surface area contributed by atoms with Crippen LogP contribution in [0.2, 0.25) is 19.1 Å². The number of carbonyl (C=O) groups excluding carboxylic acids is 1. The van der Waals surface area contributed by atoms with Gasteiger partial charge in [-0.15, -0.1) is 0 Å². The van der Waals surface area contributed by atoms with Crippen LogP contribution in [0, 0.1) is 0 Å². The second kappa shape index (κ2) is 13.5. The molecule has 0 radical (unpaired) electrons.